The van der Waals surface area contributed by atoms with Crippen LogP contribution in [-0.4, -0.2) is 16.5 Å². The molecule has 1 heterocycles. The topological polar surface area (TPSA) is 37.8 Å². The summed E-state index contributed by atoms with van der Waals surface area (Å²) in [6, 6.07) is 0. The number of aromatic nitrogens is 2. The van der Waals surface area contributed by atoms with Gasteiger partial charge in [0.1, 0.15) is 0 Å². The average molecular weight is 228 g/mol. The van der Waals surface area contributed by atoms with Crippen LogP contribution in [0.25, 0.3) is 0 Å². The van der Waals surface area contributed by atoms with Crippen molar-refractivity contribution < 1.29 is 0 Å². The molecule has 0 saturated heterocycles. The van der Waals surface area contributed by atoms with Gasteiger partial charge in [0, 0.05) is 36.2 Å². The predicted octanol–water partition coefficient (Wildman–Crippen LogP) is 1.47. The summed E-state index contributed by atoms with van der Waals surface area (Å²) in [5, 5.41) is 3.15. The Morgan fingerprint density at radius 3 is 3.00 bits per heavy atom. The molecule has 0 aromatic carbocycles. The Bertz CT molecular complexity index is 248. The molecule has 12 heavy (non-hydrogen) atoms. The van der Waals surface area contributed by atoms with Crippen LogP contribution in [0.3, 0.4) is 0 Å². The SMILES string of the molecule is C=C(Br)CNCc1cnccn1. The summed E-state index contributed by atoms with van der Waals surface area (Å²) in [4.78, 5) is 8.05. The third-order valence-electron chi connectivity index (χ3n) is 1.24. The summed E-state index contributed by atoms with van der Waals surface area (Å²) in [5.41, 5.74) is 0.936. The van der Waals surface area contributed by atoms with Crippen LogP contribution in [0, 0.1) is 0 Å². The van der Waals surface area contributed by atoms with E-state index in [-0.39, 0.29) is 0 Å². The molecule has 0 atom stereocenters. The number of hydrogen-bond acceptors (Lipinski definition) is 3. The van der Waals surface area contributed by atoms with Crippen LogP contribution >= 0.6 is 15.9 Å². The lowest BCUT2D eigenvalue weighted by Gasteiger charge is -2.01. The van der Waals surface area contributed by atoms with E-state index in [2.05, 4.69) is 37.8 Å². The minimum Gasteiger partial charge on any atom is -0.306 e. The predicted molar refractivity (Wildman–Crippen MR) is 51.8 cm³/mol. The van der Waals surface area contributed by atoms with Crippen LogP contribution in [-0.2, 0) is 6.54 Å². The maximum absolute atomic E-state index is 4.11. The van der Waals surface area contributed by atoms with Crippen molar-refractivity contribution in [1.82, 2.24) is 15.3 Å². The van der Waals surface area contributed by atoms with Crippen molar-refractivity contribution in [1.29, 1.82) is 0 Å². The third-order valence-corrected chi connectivity index (χ3v) is 1.52. The molecule has 0 fully saturated rings. The number of nitrogens with zero attached hydrogens (tertiary/aromatic N) is 2. The lowest BCUT2D eigenvalue weighted by molar-refractivity contribution is 0.733. The van der Waals surface area contributed by atoms with Crippen molar-refractivity contribution in [3.8, 4) is 0 Å². The first-order valence-corrected chi connectivity index (χ1v) is 4.37. The summed E-state index contributed by atoms with van der Waals surface area (Å²) in [5.74, 6) is 0. The van der Waals surface area contributed by atoms with Crippen molar-refractivity contribution in [2.45, 2.75) is 6.54 Å². The van der Waals surface area contributed by atoms with Crippen LogP contribution < -0.4 is 5.32 Å². The van der Waals surface area contributed by atoms with E-state index < -0.39 is 0 Å². The molecule has 1 aromatic rings. The first-order valence-electron chi connectivity index (χ1n) is 3.58. The van der Waals surface area contributed by atoms with E-state index in [1.807, 2.05) is 0 Å². The van der Waals surface area contributed by atoms with Crippen molar-refractivity contribution in [2.75, 3.05) is 6.54 Å². The first-order chi connectivity index (χ1) is 5.79. The molecule has 0 bridgehead atoms. The lowest BCUT2D eigenvalue weighted by atomic mass is 10.4. The molecule has 0 radical (unpaired) electrons. The second kappa shape index (κ2) is 5.00. The van der Waals surface area contributed by atoms with Crippen molar-refractivity contribution in [2.24, 2.45) is 0 Å². The van der Waals surface area contributed by atoms with Gasteiger partial charge in [0.05, 0.1) is 5.69 Å². The zero-order valence-corrected chi connectivity index (χ0v) is 8.21. The quantitative estimate of drug-likeness (QED) is 0.847. The summed E-state index contributed by atoms with van der Waals surface area (Å²) in [7, 11) is 0. The Hall–Kier alpha value is -0.740. The van der Waals surface area contributed by atoms with Crippen LogP contribution in [0.4, 0.5) is 0 Å². The lowest BCUT2D eigenvalue weighted by Crippen LogP contribution is -2.15. The van der Waals surface area contributed by atoms with Gasteiger partial charge in [0.25, 0.3) is 0 Å². The van der Waals surface area contributed by atoms with Crippen molar-refractivity contribution >= 4 is 15.9 Å². The Kier molecular flexibility index (Phi) is 3.90. The number of halogens is 1. The minimum absolute atomic E-state index is 0.721. The Morgan fingerprint density at radius 1 is 1.58 bits per heavy atom. The van der Waals surface area contributed by atoms with Gasteiger partial charge in [-0.25, -0.2) is 0 Å². The van der Waals surface area contributed by atoms with Gasteiger partial charge in [-0.2, -0.15) is 0 Å². The Balaban J connectivity index is 2.29. The molecule has 0 saturated carbocycles. The highest BCUT2D eigenvalue weighted by Crippen LogP contribution is 1.97. The molecular weight excluding hydrogens is 218 g/mol. The van der Waals surface area contributed by atoms with E-state index in [0.717, 1.165) is 23.3 Å². The third kappa shape index (κ3) is 3.59. The van der Waals surface area contributed by atoms with E-state index in [1.165, 1.54) is 0 Å². The zero-order chi connectivity index (χ0) is 8.81. The van der Waals surface area contributed by atoms with Crippen molar-refractivity contribution in [3.63, 3.8) is 0 Å². The van der Waals surface area contributed by atoms with Crippen LogP contribution in [0.5, 0.6) is 0 Å². The number of rotatable bonds is 4. The van der Waals surface area contributed by atoms with E-state index in [9.17, 15) is 0 Å². The highest BCUT2D eigenvalue weighted by molar-refractivity contribution is 9.11. The normalized spacial score (nSPS) is 9.75. The molecular formula is C8H10BrN3. The van der Waals surface area contributed by atoms with Crippen molar-refractivity contribution in [3.05, 3.63) is 35.3 Å². The fourth-order valence-corrected chi connectivity index (χ4v) is 0.946. The van der Waals surface area contributed by atoms with E-state index in [0.29, 0.717) is 0 Å². The van der Waals surface area contributed by atoms with Gasteiger partial charge < -0.3 is 5.32 Å². The first kappa shape index (κ1) is 9.35. The monoisotopic (exact) mass is 227 g/mol. The van der Waals surface area contributed by atoms with Gasteiger partial charge in [-0.1, -0.05) is 22.5 Å². The molecule has 1 aromatic heterocycles. The molecule has 3 nitrogen and oxygen atoms in total. The average Bonchev–Trinajstić information content (AvgIpc) is 2.05. The summed E-state index contributed by atoms with van der Waals surface area (Å²) < 4.78 is 0.936. The molecule has 1 rings (SSSR count). The summed E-state index contributed by atoms with van der Waals surface area (Å²) >= 11 is 3.25. The van der Waals surface area contributed by atoms with Gasteiger partial charge in [-0.15, -0.1) is 0 Å². The molecule has 0 spiro atoms. The van der Waals surface area contributed by atoms with Crippen LogP contribution in [0.2, 0.25) is 0 Å². The number of nitrogens with one attached hydrogen (secondary N) is 1. The van der Waals surface area contributed by atoms with E-state index in [1.54, 1.807) is 18.6 Å². The molecule has 4 heteroatoms. The highest BCUT2D eigenvalue weighted by atomic mass is 79.9. The van der Waals surface area contributed by atoms with Gasteiger partial charge in [-0.3, -0.25) is 9.97 Å². The van der Waals surface area contributed by atoms with Gasteiger partial charge in [-0.05, 0) is 0 Å². The minimum atomic E-state index is 0.721. The molecule has 0 aliphatic rings. The Morgan fingerprint density at radius 2 is 2.42 bits per heavy atom. The fraction of sp³-hybridized carbons (Fsp3) is 0.250. The largest absolute Gasteiger partial charge is 0.306 e. The highest BCUT2D eigenvalue weighted by Gasteiger charge is 1.92. The maximum atomic E-state index is 4.11. The molecule has 0 aliphatic carbocycles. The van der Waals surface area contributed by atoms with Gasteiger partial charge >= 0.3 is 0 Å². The standard InChI is InChI=1S/C8H10BrN3/c1-7(9)4-11-6-8-5-10-2-3-12-8/h2-3,5,11H,1,4,6H2. The maximum Gasteiger partial charge on any atom is 0.0724 e. The van der Waals surface area contributed by atoms with E-state index in [4.69, 9.17) is 0 Å². The Labute approximate surface area is 80.1 Å². The van der Waals surface area contributed by atoms with Gasteiger partial charge in [0.15, 0.2) is 0 Å². The summed E-state index contributed by atoms with van der Waals surface area (Å²) in [6.45, 7) is 5.17. The van der Waals surface area contributed by atoms with Crippen LogP contribution in [0.1, 0.15) is 5.69 Å². The molecule has 0 unspecified atom stereocenters. The summed E-state index contributed by atoms with van der Waals surface area (Å²) in [6.07, 6.45) is 5.08. The molecule has 0 aliphatic heterocycles. The van der Waals surface area contributed by atoms with Gasteiger partial charge in [0.2, 0.25) is 0 Å². The van der Waals surface area contributed by atoms with Crippen LogP contribution in [0.15, 0.2) is 29.7 Å². The molecule has 1 N–H and O–H groups in total. The molecule has 0 amide bonds. The molecule has 64 valence electrons. The second-order valence-electron chi connectivity index (χ2n) is 2.32. The number of hydrogen-bond donors (Lipinski definition) is 1. The fourth-order valence-electron chi connectivity index (χ4n) is 0.747. The second-order valence-corrected chi connectivity index (χ2v) is 3.44. The zero-order valence-electron chi connectivity index (χ0n) is 6.63. The smallest absolute Gasteiger partial charge is 0.0724 e. The van der Waals surface area contributed by atoms with E-state index >= 15 is 0 Å².